The maximum Gasteiger partial charge on any atom is 0.124 e. The summed E-state index contributed by atoms with van der Waals surface area (Å²) in [5.41, 5.74) is 1.43. The third-order valence-corrected chi connectivity index (χ3v) is 3.67. The van der Waals surface area contributed by atoms with Crippen molar-refractivity contribution in [2.75, 3.05) is 0 Å². The molecular formula is C13H10Br2FNO. The van der Waals surface area contributed by atoms with Gasteiger partial charge in [0.25, 0.3) is 0 Å². The van der Waals surface area contributed by atoms with Crippen molar-refractivity contribution >= 4 is 31.9 Å². The Morgan fingerprint density at radius 2 is 2.00 bits per heavy atom. The molecule has 0 bridgehead atoms. The lowest BCUT2D eigenvalue weighted by Crippen LogP contribution is -2.04. The minimum Gasteiger partial charge on any atom is -0.388 e. The van der Waals surface area contributed by atoms with Gasteiger partial charge in [-0.1, -0.05) is 22.0 Å². The minimum absolute atomic E-state index is 0.334. The van der Waals surface area contributed by atoms with Gasteiger partial charge in [0.1, 0.15) is 5.82 Å². The van der Waals surface area contributed by atoms with E-state index in [2.05, 4.69) is 36.8 Å². The molecule has 18 heavy (non-hydrogen) atoms. The molecule has 0 aliphatic heterocycles. The molecule has 2 rings (SSSR count). The summed E-state index contributed by atoms with van der Waals surface area (Å²) in [4.78, 5) is 4.19. The highest BCUT2D eigenvalue weighted by atomic mass is 79.9. The van der Waals surface area contributed by atoms with Crippen LogP contribution in [0.4, 0.5) is 4.39 Å². The second kappa shape index (κ2) is 5.91. The fourth-order valence-electron chi connectivity index (χ4n) is 1.61. The zero-order chi connectivity index (χ0) is 13.1. The number of pyridine rings is 1. The maximum atomic E-state index is 13.0. The van der Waals surface area contributed by atoms with E-state index in [1.54, 1.807) is 12.3 Å². The number of aliphatic hydroxyl groups excluding tert-OH is 1. The third-order valence-electron chi connectivity index (χ3n) is 2.51. The lowest BCUT2D eigenvalue weighted by Gasteiger charge is -2.12. The molecule has 0 radical (unpaired) electrons. The Balaban J connectivity index is 2.16. The van der Waals surface area contributed by atoms with Crippen molar-refractivity contribution in [2.45, 2.75) is 12.5 Å². The van der Waals surface area contributed by atoms with Crippen LogP contribution in [0.15, 0.2) is 45.5 Å². The van der Waals surface area contributed by atoms with Gasteiger partial charge in [-0.3, -0.25) is 4.98 Å². The van der Waals surface area contributed by atoms with Crippen LogP contribution < -0.4 is 0 Å². The average Bonchev–Trinajstić information content (AvgIpc) is 2.32. The van der Waals surface area contributed by atoms with Crippen LogP contribution in [0.25, 0.3) is 0 Å². The smallest absolute Gasteiger partial charge is 0.124 e. The normalized spacial score (nSPS) is 12.4. The van der Waals surface area contributed by atoms with Gasteiger partial charge in [0.2, 0.25) is 0 Å². The number of nitrogens with zero attached hydrogens (tertiary/aromatic N) is 1. The molecule has 2 aromatic rings. The highest BCUT2D eigenvalue weighted by Crippen LogP contribution is 2.26. The van der Waals surface area contributed by atoms with E-state index in [4.69, 9.17) is 0 Å². The van der Waals surface area contributed by atoms with Gasteiger partial charge in [0.05, 0.1) is 6.10 Å². The zero-order valence-corrected chi connectivity index (χ0v) is 12.4. The summed E-state index contributed by atoms with van der Waals surface area (Å²) in [6.45, 7) is 0. The fraction of sp³-hybridized carbons (Fsp3) is 0.154. The largest absolute Gasteiger partial charge is 0.388 e. The summed E-state index contributed by atoms with van der Waals surface area (Å²) >= 11 is 6.55. The van der Waals surface area contributed by atoms with Crippen molar-refractivity contribution in [2.24, 2.45) is 0 Å². The Kier molecular flexibility index (Phi) is 4.48. The van der Waals surface area contributed by atoms with Crippen molar-refractivity contribution in [3.05, 3.63) is 62.5 Å². The molecule has 2 nitrogen and oxygen atoms in total. The van der Waals surface area contributed by atoms with Crippen molar-refractivity contribution in [3.63, 3.8) is 0 Å². The van der Waals surface area contributed by atoms with Crippen LogP contribution in [-0.2, 0) is 6.42 Å². The molecule has 0 aliphatic carbocycles. The molecule has 1 atom stereocenters. The van der Waals surface area contributed by atoms with Crippen LogP contribution in [-0.4, -0.2) is 10.1 Å². The number of aromatic nitrogens is 1. The second-order valence-electron chi connectivity index (χ2n) is 3.85. The predicted molar refractivity (Wildman–Crippen MR) is 74.7 cm³/mol. The minimum atomic E-state index is -0.714. The number of benzene rings is 1. The Morgan fingerprint density at radius 1 is 1.22 bits per heavy atom. The van der Waals surface area contributed by atoms with Crippen LogP contribution >= 0.6 is 31.9 Å². The number of hydrogen-bond donors (Lipinski definition) is 1. The van der Waals surface area contributed by atoms with E-state index in [0.717, 1.165) is 10.2 Å². The van der Waals surface area contributed by atoms with Crippen LogP contribution in [0.5, 0.6) is 0 Å². The molecule has 0 aliphatic rings. The highest BCUT2D eigenvalue weighted by Gasteiger charge is 2.13. The van der Waals surface area contributed by atoms with Crippen LogP contribution in [0.2, 0.25) is 0 Å². The molecule has 1 unspecified atom stereocenters. The lowest BCUT2D eigenvalue weighted by molar-refractivity contribution is 0.176. The van der Waals surface area contributed by atoms with Gasteiger partial charge in [0.15, 0.2) is 0 Å². The van der Waals surface area contributed by atoms with E-state index in [1.165, 1.54) is 12.1 Å². The molecule has 0 amide bonds. The van der Waals surface area contributed by atoms with E-state index in [0.29, 0.717) is 16.5 Å². The van der Waals surface area contributed by atoms with E-state index in [1.807, 2.05) is 12.1 Å². The lowest BCUT2D eigenvalue weighted by atomic mass is 10.0. The van der Waals surface area contributed by atoms with Crippen LogP contribution in [0.1, 0.15) is 17.4 Å². The van der Waals surface area contributed by atoms with E-state index in [9.17, 15) is 9.50 Å². The molecule has 1 aromatic heterocycles. The van der Waals surface area contributed by atoms with Crippen LogP contribution in [0, 0.1) is 5.82 Å². The second-order valence-corrected chi connectivity index (χ2v) is 5.62. The number of rotatable bonds is 3. The molecular weight excluding hydrogens is 365 g/mol. The van der Waals surface area contributed by atoms with Crippen molar-refractivity contribution in [1.82, 2.24) is 4.98 Å². The van der Waals surface area contributed by atoms with Crippen molar-refractivity contribution < 1.29 is 9.50 Å². The fourth-order valence-corrected chi connectivity index (χ4v) is 2.46. The molecule has 1 heterocycles. The first-order valence-electron chi connectivity index (χ1n) is 5.29. The zero-order valence-electron chi connectivity index (χ0n) is 9.28. The Hall–Kier alpha value is -0.780. The van der Waals surface area contributed by atoms with Gasteiger partial charge >= 0.3 is 0 Å². The molecule has 0 saturated heterocycles. The topological polar surface area (TPSA) is 33.1 Å². The Labute approximate surface area is 121 Å². The van der Waals surface area contributed by atoms with Gasteiger partial charge in [-0.05, 0) is 45.8 Å². The first-order valence-corrected chi connectivity index (χ1v) is 6.88. The van der Waals surface area contributed by atoms with Gasteiger partial charge in [-0.15, -0.1) is 0 Å². The maximum absolute atomic E-state index is 13.0. The summed E-state index contributed by atoms with van der Waals surface area (Å²) < 4.78 is 14.4. The van der Waals surface area contributed by atoms with Crippen LogP contribution in [0.3, 0.4) is 0 Å². The van der Waals surface area contributed by atoms with Gasteiger partial charge in [0, 0.05) is 27.3 Å². The third kappa shape index (κ3) is 3.37. The molecule has 1 N–H and O–H groups in total. The summed E-state index contributed by atoms with van der Waals surface area (Å²) in [7, 11) is 0. The van der Waals surface area contributed by atoms with Gasteiger partial charge in [-0.2, -0.15) is 0 Å². The predicted octanol–water partition coefficient (Wildman–Crippen LogP) is 4.02. The van der Waals surface area contributed by atoms with E-state index < -0.39 is 6.10 Å². The number of hydrogen-bond acceptors (Lipinski definition) is 2. The molecule has 94 valence electrons. The van der Waals surface area contributed by atoms with Crippen molar-refractivity contribution in [3.8, 4) is 0 Å². The van der Waals surface area contributed by atoms with E-state index >= 15 is 0 Å². The summed E-state index contributed by atoms with van der Waals surface area (Å²) in [5, 5.41) is 10.1. The first-order chi connectivity index (χ1) is 8.56. The SMILES string of the molecule is OC(Cc1ccc(Br)cn1)c1ccc(F)cc1Br. The molecule has 0 saturated carbocycles. The highest BCUT2D eigenvalue weighted by molar-refractivity contribution is 9.10. The average molecular weight is 375 g/mol. The summed E-state index contributed by atoms with van der Waals surface area (Å²) in [5.74, 6) is -0.334. The number of halogens is 3. The summed E-state index contributed by atoms with van der Waals surface area (Å²) in [6, 6.07) is 7.95. The van der Waals surface area contributed by atoms with E-state index in [-0.39, 0.29) is 5.82 Å². The standard InChI is InChI=1S/C13H10Br2FNO/c14-8-1-3-10(17-7-8)6-13(18)11-4-2-9(16)5-12(11)15/h1-5,7,13,18H,6H2. The molecule has 0 spiro atoms. The quantitative estimate of drug-likeness (QED) is 0.880. The summed E-state index contributed by atoms with van der Waals surface area (Å²) in [6.07, 6.45) is 1.35. The molecule has 5 heteroatoms. The molecule has 1 aromatic carbocycles. The Morgan fingerprint density at radius 3 is 2.61 bits per heavy atom. The monoisotopic (exact) mass is 373 g/mol. The molecule has 0 fully saturated rings. The first kappa shape index (κ1) is 13.6. The number of aliphatic hydroxyl groups is 1. The van der Waals surface area contributed by atoms with Gasteiger partial charge in [-0.25, -0.2) is 4.39 Å². The van der Waals surface area contributed by atoms with Crippen molar-refractivity contribution in [1.29, 1.82) is 0 Å². The van der Waals surface area contributed by atoms with Gasteiger partial charge < -0.3 is 5.11 Å². The Bertz CT molecular complexity index is 545.